The summed E-state index contributed by atoms with van der Waals surface area (Å²) in [6.07, 6.45) is 3.82. The van der Waals surface area contributed by atoms with Gasteiger partial charge in [0.05, 0.1) is 0 Å². The third-order valence-electron chi connectivity index (χ3n) is 3.91. The number of carbonyl (C=O) groups is 1. The van der Waals surface area contributed by atoms with Gasteiger partial charge in [0.15, 0.2) is 17.3 Å². The Kier molecular flexibility index (Phi) is 3.42. The molecule has 4 nitrogen and oxygen atoms in total. The van der Waals surface area contributed by atoms with Gasteiger partial charge in [0.25, 0.3) is 0 Å². The van der Waals surface area contributed by atoms with Gasteiger partial charge < -0.3 is 15.2 Å². The smallest absolute Gasteiger partial charge is 0.166 e. The minimum Gasteiger partial charge on any atom is -0.486 e. The maximum Gasteiger partial charge on any atom is 0.166 e. The zero-order chi connectivity index (χ0) is 13.2. The van der Waals surface area contributed by atoms with Gasteiger partial charge in [-0.3, -0.25) is 4.79 Å². The van der Waals surface area contributed by atoms with Crippen LogP contribution in [-0.4, -0.2) is 25.0 Å². The van der Waals surface area contributed by atoms with Crippen LogP contribution in [0.4, 0.5) is 0 Å². The maximum absolute atomic E-state index is 12.5. The van der Waals surface area contributed by atoms with E-state index in [1.165, 1.54) is 0 Å². The van der Waals surface area contributed by atoms with Crippen LogP contribution in [0.2, 0.25) is 0 Å². The van der Waals surface area contributed by atoms with E-state index in [-0.39, 0.29) is 17.7 Å². The molecule has 0 spiro atoms. The van der Waals surface area contributed by atoms with Gasteiger partial charge in [-0.1, -0.05) is 6.42 Å². The number of Topliss-reactive ketones (excluding diaryl/α,β-unsaturated/α-hetero) is 1. The second kappa shape index (κ2) is 5.21. The third kappa shape index (κ3) is 2.59. The second-order valence-corrected chi connectivity index (χ2v) is 5.35. The third-order valence-corrected chi connectivity index (χ3v) is 3.91. The van der Waals surface area contributed by atoms with Crippen molar-refractivity contribution in [3.8, 4) is 11.5 Å². The summed E-state index contributed by atoms with van der Waals surface area (Å²) < 4.78 is 11.0. The van der Waals surface area contributed by atoms with Crippen LogP contribution in [0, 0.1) is 5.92 Å². The highest BCUT2D eigenvalue weighted by molar-refractivity contribution is 5.98. The number of hydrogen-bond acceptors (Lipinski definition) is 4. The zero-order valence-corrected chi connectivity index (χ0v) is 10.9. The average molecular weight is 261 g/mol. The van der Waals surface area contributed by atoms with E-state index in [4.69, 9.17) is 15.2 Å². The fourth-order valence-electron chi connectivity index (χ4n) is 2.90. The number of ether oxygens (including phenoxy) is 2. The van der Waals surface area contributed by atoms with Gasteiger partial charge in [-0.15, -0.1) is 0 Å². The predicted octanol–water partition coefficient (Wildman–Crippen LogP) is 2.16. The lowest BCUT2D eigenvalue weighted by Crippen LogP contribution is -2.31. The van der Waals surface area contributed by atoms with E-state index in [1.54, 1.807) is 6.07 Å². The summed E-state index contributed by atoms with van der Waals surface area (Å²) in [4.78, 5) is 12.5. The van der Waals surface area contributed by atoms with Crippen LogP contribution in [0.25, 0.3) is 0 Å². The summed E-state index contributed by atoms with van der Waals surface area (Å²) in [5.41, 5.74) is 6.67. The highest BCUT2D eigenvalue weighted by atomic mass is 16.6. The van der Waals surface area contributed by atoms with Crippen LogP contribution in [0.15, 0.2) is 18.2 Å². The summed E-state index contributed by atoms with van der Waals surface area (Å²) in [5, 5.41) is 0. The quantitative estimate of drug-likeness (QED) is 0.829. The molecule has 1 aliphatic carbocycles. The molecule has 1 fully saturated rings. The Labute approximate surface area is 112 Å². The number of fused-ring (bicyclic) bond motifs is 1. The molecule has 3 rings (SSSR count). The van der Waals surface area contributed by atoms with Gasteiger partial charge in [0.1, 0.15) is 13.2 Å². The molecule has 102 valence electrons. The van der Waals surface area contributed by atoms with E-state index in [0.29, 0.717) is 24.5 Å². The van der Waals surface area contributed by atoms with Crippen LogP contribution in [-0.2, 0) is 0 Å². The first-order chi connectivity index (χ1) is 9.24. The molecular weight excluding hydrogens is 242 g/mol. The van der Waals surface area contributed by atoms with Gasteiger partial charge in [-0.05, 0) is 37.5 Å². The molecule has 2 atom stereocenters. The zero-order valence-electron chi connectivity index (χ0n) is 10.9. The van der Waals surface area contributed by atoms with E-state index < -0.39 is 0 Å². The molecular formula is C15H19NO3. The van der Waals surface area contributed by atoms with Crippen molar-refractivity contribution in [1.82, 2.24) is 0 Å². The van der Waals surface area contributed by atoms with Gasteiger partial charge in [0, 0.05) is 17.5 Å². The Morgan fingerprint density at radius 1 is 1.16 bits per heavy atom. The summed E-state index contributed by atoms with van der Waals surface area (Å²) in [6.45, 7) is 1.11. The molecule has 0 aromatic heterocycles. The topological polar surface area (TPSA) is 61.6 Å². The lowest BCUT2D eigenvalue weighted by Gasteiger charge is -2.26. The van der Waals surface area contributed by atoms with Crippen molar-refractivity contribution in [1.29, 1.82) is 0 Å². The lowest BCUT2D eigenvalue weighted by atomic mass is 9.81. The largest absolute Gasteiger partial charge is 0.486 e. The molecule has 1 aromatic carbocycles. The van der Waals surface area contributed by atoms with E-state index >= 15 is 0 Å². The molecule has 0 amide bonds. The fraction of sp³-hybridized carbons (Fsp3) is 0.533. The molecule has 1 aliphatic heterocycles. The monoisotopic (exact) mass is 261 g/mol. The molecule has 2 aliphatic rings. The molecule has 1 aromatic rings. The van der Waals surface area contributed by atoms with Gasteiger partial charge in [-0.2, -0.15) is 0 Å². The summed E-state index contributed by atoms with van der Waals surface area (Å²) in [6, 6.07) is 5.62. The molecule has 4 heteroatoms. The van der Waals surface area contributed by atoms with Crippen molar-refractivity contribution in [3.63, 3.8) is 0 Å². The maximum atomic E-state index is 12.5. The number of carbonyl (C=O) groups excluding carboxylic acids is 1. The molecule has 2 unspecified atom stereocenters. The Morgan fingerprint density at radius 3 is 2.74 bits per heavy atom. The molecule has 1 saturated carbocycles. The molecule has 19 heavy (non-hydrogen) atoms. The summed E-state index contributed by atoms with van der Waals surface area (Å²) in [7, 11) is 0. The van der Waals surface area contributed by atoms with E-state index in [2.05, 4.69) is 0 Å². The Balaban J connectivity index is 1.79. The number of nitrogens with two attached hydrogens (primary N) is 1. The molecule has 0 bridgehead atoms. The summed E-state index contributed by atoms with van der Waals surface area (Å²) in [5.74, 6) is 1.65. The lowest BCUT2D eigenvalue weighted by molar-refractivity contribution is 0.0880. The molecule has 2 N–H and O–H groups in total. The van der Waals surface area contributed by atoms with Gasteiger partial charge in [0.2, 0.25) is 0 Å². The molecule has 0 radical (unpaired) electrons. The van der Waals surface area contributed by atoms with E-state index in [1.807, 2.05) is 12.1 Å². The van der Waals surface area contributed by atoms with E-state index in [9.17, 15) is 4.79 Å². The van der Waals surface area contributed by atoms with Crippen molar-refractivity contribution in [2.45, 2.75) is 31.7 Å². The average Bonchev–Trinajstić information content (AvgIpc) is 2.46. The van der Waals surface area contributed by atoms with Crippen LogP contribution in [0.1, 0.15) is 36.0 Å². The van der Waals surface area contributed by atoms with Crippen molar-refractivity contribution in [3.05, 3.63) is 23.8 Å². The standard InChI is InChI=1S/C15H19NO3/c16-12-3-1-2-10(8-12)15(17)11-4-5-13-14(9-11)19-7-6-18-13/h4-5,9-10,12H,1-3,6-8,16H2. The number of hydrogen-bond donors (Lipinski definition) is 1. The van der Waals surface area contributed by atoms with Gasteiger partial charge in [-0.25, -0.2) is 0 Å². The first-order valence-electron chi connectivity index (χ1n) is 6.93. The first kappa shape index (κ1) is 12.5. The van der Waals surface area contributed by atoms with Gasteiger partial charge >= 0.3 is 0 Å². The SMILES string of the molecule is NC1CCCC(C(=O)c2ccc3c(c2)OCCO3)C1. The number of ketones is 1. The van der Waals surface area contributed by atoms with Crippen LogP contribution in [0.5, 0.6) is 11.5 Å². The van der Waals surface area contributed by atoms with Crippen molar-refractivity contribution in [2.75, 3.05) is 13.2 Å². The second-order valence-electron chi connectivity index (χ2n) is 5.35. The number of benzene rings is 1. The normalized spacial score (nSPS) is 25.9. The highest BCUT2D eigenvalue weighted by Crippen LogP contribution is 2.33. The van der Waals surface area contributed by atoms with Crippen molar-refractivity contribution < 1.29 is 14.3 Å². The van der Waals surface area contributed by atoms with Crippen molar-refractivity contribution in [2.24, 2.45) is 11.7 Å². The number of rotatable bonds is 2. The van der Waals surface area contributed by atoms with Crippen LogP contribution < -0.4 is 15.2 Å². The fourth-order valence-corrected chi connectivity index (χ4v) is 2.90. The minimum atomic E-state index is 0.0614. The van der Waals surface area contributed by atoms with E-state index in [0.717, 1.165) is 31.4 Å². The molecule has 0 saturated heterocycles. The predicted molar refractivity (Wildman–Crippen MR) is 71.7 cm³/mol. The Hall–Kier alpha value is -1.55. The van der Waals surface area contributed by atoms with Crippen LogP contribution in [0.3, 0.4) is 0 Å². The first-order valence-corrected chi connectivity index (χ1v) is 6.93. The molecule has 1 heterocycles. The highest BCUT2D eigenvalue weighted by Gasteiger charge is 2.27. The summed E-state index contributed by atoms with van der Waals surface area (Å²) >= 11 is 0. The van der Waals surface area contributed by atoms with Crippen molar-refractivity contribution >= 4 is 5.78 Å². The van der Waals surface area contributed by atoms with Crippen LogP contribution >= 0.6 is 0 Å². The Bertz CT molecular complexity index is 486. The Morgan fingerprint density at radius 2 is 1.95 bits per heavy atom. The minimum absolute atomic E-state index is 0.0614.